The predicted molar refractivity (Wildman–Crippen MR) is 114 cm³/mol. The third kappa shape index (κ3) is 4.46. The highest BCUT2D eigenvalue weighted by atomic mass is 32.1. The van der Waals surface area contributed by atoms with Crippen molar-refractivity contribution in [1.82, 2.24) is 14.9 Å². The molecule has 29 heavy (non-hydrogen) atoms. The zero-order chi connectivity index (χ0) is 20.2. The number of thiazole rings is 1. The lowest BCUT2D eigenvalue weighted by Crippen LogP contribution is -2.30. The van der Waals surface area contributed by atoms with Crippen LogP contribution in [0.25, 0.3) is 21.1 Å². The van der Waals surface area contributed by atoms with E-state index in [4.69, 9.17) is 4.74 Å². The van der Waals surface area contributed by atoms with Crippen LogP contribution < -0.4 is 0 Å². The first-order chi connectivity index (χ1) is 14.1. The standard InChI is InChI=1S/C22H21N3O3S/c1-25(13-20-24-18-8-4-5-9-19(18)29-20)21(26)14-28-22(27)11-10-15-12-23-17-7-3-2-6-16(15)17/h2-9,12,23H,10-11,13-14H2,1H3. The van der Waals surface area contributed by atoms with Gasteiger partial charge in [-0.1, -0.05) is 30.3 Å². The third-order valence-corrected chi connectivity index (χ3v) is 5.79. The largest absolute Gasteiger partial charge is 0.456 e. The van der Waals surface area contributed by atoms with Crippen molar-refractivity contribution in [2.24, 2.45) is 0 Å². The molecule has 1 amide bonds. The summed E-state index contributed by atoms with van der Waals surface area (Å²) in [6.45, 7) is 0.138. The molecule has 0 radical (unpaired) electrons. The number of H-pyrrole nitrogens is 1. The number of aromatic nitrogens is 2. The van der Waals surface area contributed by atoms with Crippen molar-refractivity contribution in [3.63, 3.8) is 0 Å². The first-order valence-electron chi connectivity index (χ1n) is 9.39. The first-order valence-corrected chi connectivity index (χ1v) is 10.2. The summed E-state index contributed by atoms with van der Waals surface area (Å²) in [7, 11) is 1.69. The smallest absolute Gasteiger partial charge is 0.306 e. The van der Waals surface area contributed by atoms with Gasteiger partial charge in [-0.2, -0.15) is 0 Å². The molecule has 0 aliphatic heterocycles. The van der Waals surface area contributed by atoms with Crippen molar-refractivity contribution in [3.8, 4) is 0 Å². The maximum atomic E-state index is 12.3. The molecular weight excluding hydrogens is 386 g/mol. The van der Waals surface area contributed by atoms with Crippen molar-refractivity contribution in [3.05, 3.63) is 65.3 Å². The molecule has 148 valence electrons. The monoisotopic (exact) mass is 407 g/mol. The van der Waals surface area contributed by atoms with Crippen molar-refractivity contribution >= 4 is 44.3 Å². The Morgan fingerprint density at radius 1 is 1.14 bits per heavy atom. The minimum atomic E-state index is -0.378. The van der Waals surface area contributed by atoms with Crippen LogP contribution in [0.5, 0.6) is 0 Å². The normalized spacial score (nSPS) is 11.1. The fourth-order valence-electron chi connectivity index (χ4n) is 3.18. The van der Waals surface area contributed by atoms with E-state index < -0.39 is 0 Å². The van der Waals surface area contributed by atoms with Gasteiger partial charge >= 0.3 is 5.97 Å². The van der Waals surface area contributed by atoms with Gasteiger partial charge in [-0.25, -0.2) is 4.98 Å². The predicted octanol–water partition coefficient (Wildman–Crippen LogP) is 3.91. The number of carbonyl (C=O) groups excluding carboxylic acids is 2. The second kappa shape index (κ2) is 8.45. The van der Waals surface area contributed by atoms with E-state index in [0.29, 0.717) is 13.0 Å². The van der Waals surface area contributed by atoms with Gasteiger partial charge < -0.3 is 14.6 Å². The molecule has 0 atom stereocenters. The summed E-state index contributed by atoms with van der Waals surface area (Å²) in [6.07, 6.45) is 2.71. The molecule has 0 saturated heterocycles. The third-order valence-electron chi connectivity index (χ3n) is 4.77. The number of hydrogen-bond donors (Lipinski definition) is 1. The van der Waals surface area contributed by atoms with Gasteiger partial charge in [0.15, 0.2) is 6.61 Å². The van der Waals surface area contributed by atoms with Crippen LogP contribution in [0.15, 0.2) is 54.7 Å². The number of aryl methyl sites for hydroxylation is 1. The summed E-state index contributed by atoms with van der Waals surface area (Å²) in [5.74, 6) is -0.623. The van der Waals surface area contributed by atoms with Gasteiger partial charge in [0.2, 0.25) is 0 Å². The molecule has 0 fully saturated rings. The highest BCUT2D eigenvalue weighted by Crippen LogP contribution is 2.22. The maximum Gasteiger partial charge on any atom is 0.306 e. The molecule has 2 heterocycles. The number of nitrogens with one attached hydrogen (secondary N) is 1. The zero-order valence-corrected chi connectivity index (χ0v) is 16.9. The van der Waals surface area contributed by atoms with Crippen molar-refractivity contribution in [2.75, 3.05) is 13.7 Å². The second-order valence-electron chi connectivity index (χ2n) is 6.85. The Balaban J connectivity index is 1.25. The highest BCUT2D eigenvalue weighted by molar-refractivity contribution is 7.18. The van der Waals surface area contributed by atoms with Gasteiger partial charge in [0, 0.05) is 30.6 Å². The van der Waals surface area contributed by atoms with Gasteiger partial charge in [0.05, 0.1) is 16.8 Å². The number of likely N-dealkylation sites (N-methyl/N-ethyl adjacent to an activating group) is 1. The first kappa shape index (κ1) is 19.1. The summed E-state index contributed by atoms with van der Waals surface area (Å²) in [4.78, 5) is 33.6. The van der Waals surface area contributed by atoms with Crippen LogP contribution >= 0.6 is 11.3 Å². The van der Waals surface area contributed by atoms with Gasteiger partial charge in [0.1, 0.15) is 5.01 Å². The second-order valence-corrected chi connectivity index (χ2v) is 7.96. The molecule has 0 bridgehead atoms. The molecule has 4 rings (SSSR count). The number of hydrogen-bond acceptors (Lipinski definition) is 5. The topological polar surface area (TPSA) is 75.3 Å². The molecular formula is C22H21N3O3S. The number of ether oxygens (including phenoxy) is 1. The van der Waals surface area contributed by atoms with Crippen LogP contribution in [0.2, 0.25) is 0 Å². The maximum absolute atomic E-state index is 12.3. The van der Waals surface area contributed by atoms with Crippen LogP contribution in [0.3, 0.4) is 0 Å². The van der Waals surface area contributed by atoms with E-state index in [0.717, 1.165) is 31.7 Å². The molecule has 0 aliphatic rings. The number of rotatable bonds is 7. The van der Waals surface area contributed by atoms with E-state index in [2.05, 4.69) is 9.97 Å². The molecule has 2 aromatic carbocycles. The van der Waals surface area contributed by atoms with Crippen LogP contribution in [-0.4, -0.2) is 40.4 Å². The Kier molecular flexibility index (Phi) is 5.57. The number of benzene rings is 2. The van der Waals surface area contributed by atoms with Gasteiger partial charge in [-0.15, -0.1) is 11.3 Å². The lowest BCUT2D eigenvalue weighted by Gasteiger charge is -2.15. The van der Waals surface area contributed by atoms with Crippen molar-refractivity contribution in [2.45, 2.75) is 19.4 Å². The van der Waals surface area contributed by atoms with Crippen molar-refractivity contribution in [1.29, 1.82) is 0 Å². The minimum Gasteiger partial charge on any atom is -0.456 e. The number of para-hydroxylation sites is 2. The minimum absolute atomic E-state index is 0.233. The Hall–Kier alpha value is -3.19. The SMILES string of the molecule is CN(Cc1nc2ccccc2s1)C(=O)COC(=O)CCc1c[nH]c2ccccc12. The van der Waals surface area contributed by atoms with Gasteiger partial charge in [-0.3, -0.25) is 9.59 Å². The molecule has 0 spiro atoms. The fourth-order valence-corrected chi connectivity index (χ4v) is 4.20. The van der Waals surface area contributed by atoms with Crippen molar-refractivity contribution < 1.29 is 14.3 Å². The fraction of sp³-hybridized carbons (Fsp3) is 0.227. The molecule has 2 aromatic heterocycles. The molecule has 0 unspecified atom stereocenters. The van der Waals surface area contributed by atoms with Gasteiger partial charge in [-0.05, 0) is 30.2 Å². The van der Waals surface area contributed by atoms with Gasteiger partial charge in [0.25, 0.3) is 5.91 Å². The van der Waals surface area contributed by atoms with Crippen LogP contribution in [0.4, 0.5) is 0 Å². The van der Waals surface area contributed by atoms with E-state index in [1.807, 2.05) is 54.7 Å². The summed E-state index contributed by atoms with van der Waals surface area (Å²) >= 11 is 1.56. The zero-order valence-electron chi connectivity index (χ0n) is 16.1. The highest BCUT2D eigenvalue weighted by Gasteiger charge is 2.15. The van der Waals surface area contributed by atoms with E-state index >= 15 is 0 Å². The summed E-state index contributed by atoms with van der Waals surface area (Å²) in [6, 6.07) is 15.8. The molecule has 0 aliphatic carbocycles. The van der Waals surface area contributed by atoms with E-state index in [9.17, 15) is 9.59 Å². The van der Waals surface area contributed by atoms with Crippen LogP contribution in [0.1, 0.15) is 17.0 Å². The molecule has 4 aromatic rings. The molecule has 7 heteroatoms. The number of aromatic amines is 1. The average Bonchev–Trinajstić information content (AvgIpc) is 3.33. The van der Waals surface area contributed by atoms with E-state index in [-0.39, 0.29) is 24.9 Å². The number of carbonyl (C=O) groups is 2. The lowest BCUT2D eigenvalue weighted by molar-refractivity contribution is -0.151. The Morgan fingerprint density at radius 3 is 2.79 bits per heavy atom. The average molecular weight is 407 g/mol. The number of fused-ring (bicyclic) bond motifs is 2. The quantitative estimate of drug-likeness (QED) is 0.471. The molecule has 6 nitrogen and oxygen atoms in total. The molecule has 1 N–H and O–H groups in total. The number of amides is 1. The van der Waals surface area contributed by atoms with Crippen LogP contribution in [0, 0.1) is 0 Å². The summed E-state index contributed by atoms with van der Waals surface area (Å²) in [5, 5.41) is 1.96. The summed E-state index contributed by atoms with van der Waals surface area (Å²) < 4.78 is 6.26. The summed E-state index contributed by atoms with van der Waals surface area (Å²) in [5.41, 5.74) is 3.04. The van der Waals surface area contributed by atoms with E-state index in [1.165, 1.54) is 4.90 Å². The lowest BCUT2D eigenvalue weighted by atomic mass is 10.1. The molecule has 0 saturated carbocycles. The Labute approximate surface area is 172 Å². The van der Waals surface area contributed by atoms with E-state index in [1.54, 1.807) is 18.4 Å². The van der Waals surface area contributed by atoms with Crippen LogP contribution in [-0.2, 0) is 27.3 Å². The Bertz CT molecular complexity index is 1130. The Morgan fingerprint density at radius 2 is 1.93 bits per heavy atom. The number of nitrogens with zero attached hydrogens (tertiary/aromatic N) is 2. The number of esters is 1.